The molecule has 2 unspecified atom stereocenters. The fraction of sp³-hybridized carbons (Fsp3) is 0.438. The first kappa shape index (κ1) is 17.9. The van der Waals surface area contributed by atoms with Crippen LogP contribution < -0.4 is 15.5 Å². The number of aliphatic hydroxyl groups is 2. The van der Waals surface area contributed by atoms with Crippen molar-refractivity contribution in [2.24, 2.45) is 0 Å². The third-order valence-corrected chi connectivity index (χ3v) is 3.13. The molecule has 1 aromatic carbocycles. The summed E-state index contributed by atoms with van der Waals surface area (Å²) < 4.78 is 0. The molecule has 0 saturated carbocycles. The van der Waals surface area contributed by atoms with Crippen molar-refractivity contribution in [2.75, 3.05) is 35.7 Å². The fourth-order valence-electron chi connectivity index (χ4n) is 2.20. The van der Waals surface area contributed by atoms with E-state index in [1.165, 1.54) is 0 Å². The van der Waals surface area contributed by atoms with Gasteiger partial charge in [-0.3, -0.25) is 0 Å². The average Bonchev–Trinajstić information content (AvgIpc) is 2.54. The lowest BCUT2D eigenvalue weighted by Crippen LogP contribution is -2.37. The van der Waals surface area contributed by atoms with E-state index >= 15 is 0 Å². The highest BCUT2D eigenvalue weighted by Crippen LogP contribution is 2.18. The fourth-order valence-corrected chi connectivity index (χ4v) is 2.20. The van der Waals surface area contributed by atoms with Crippen LogP contribution >= 0.6 is 0 Å². The van der Waals surface area contributed by atoms with Gasteiger partial charge in [0, 0.05) is 25.8 Å². The molecule has 0 fully saturated rings. The van der Waals surface area contributed by atoms with Crippen LogP contribution in [0.2, 0.25) is 0 Å². The van der Waals surface area contributed by atoms with Crippen molar-refractivity contribution >= 4 is 23.5 Å². The quantitative estimate of drug-likeness (QED) is 0.572. The Bertz CT molecular complexity index is 626. The van der Waals surface area contributed by atoms with E-state index in [2.05, 4.69) is 25.6 Å². The van der Waals surface area contributed by atoms with Crippen LogP contribution in [0.5, 0.6) is 0 Å². The van der Waals surface area contributed by atoms with Crippen molar-refractivity contribution < 1.29 is 10.2 Å². The van der Waals surface area contributed by atoms with E-state index in [9.17, 15) is 10.2 Å². The van der Waals surface area contributed by atoms with Gasteiger partial charge in [-0.15, -0.1) is 0 Å². The smallest absolute Gasteiger partial charge is 0.233 e. The number of nitrogens with one attached hydrogen (secondary N) is 2. The predicted molar refractivity (Wildman–Crippen MR) is 94.7 cm³/mol. The van der Waals surface area contributed by atoms with Crippen molar-refractivity contribution in [3.05, 3.63) is 30.3 Å². The van der Waals surface area contributed by atoms with E-state index in [1.54, 1.807) is 25.8 Å². The Kier molecular flexibility index (Phi) is 6.28. The monoisotopic (exact) mass is 332 g/mol. The molecule has 2 atom stereocenters. The van der Waals surface area contributed by atoms with Crippen LogP contribution in [0, 0.1) is 0 Å². The number of aliphatic hydroxyl groups excluding tert-OH is 2. The Hall–Kier alpha value is -2.45. The lowest BCUT2D eigenvalue weighted by atomic mass is 10.3. The van der Waals surface area contributed by atoms with Gasteiger partial charge < -0.3 is 25.7 Å². The van der Waals surface area contributed by atoms with Crippen LogP contribution in [0.3, 0.4) is 0 Å². The molecular formula is C16H24N6O2. The number of hydrogen-bond acceptors (Lipinski definition) is 8. The highest BCUT2D eigenvalue weighted by Gasteiger charge is 2.17. The van der Waals surface area contributed by atoms with Crippen LogP contribution in [-0.4, -0.2) is 57.5 Å². The van der Waals surface area contributed by atoms with Gasteiger partial charge in [0.1, 0.15) is 0 Å². The van der Waals surface area contributed by atoms with E-state index in [0.717, 1.165) is 5.69 Å². The number of para-hydroxylation sites is 1. The summed E-state index contributed by atoms with van der Waals surface area (Å²) in [5, 5.41) is 25.4. The average molecular weight is 332 g/mol. The Morgan fingerprint density at radius 2 is 1.54 bits per heavy atom. The van der Waals surface area contributed by atoms with Gasteiger partial charge >= 0.3 is 0 Å². The molecule has 1 aromatic heterocycles. The molecule has 130 valence electrons. The molecule has 2 aromatic rings. The van der Waals surface area contributed by atoms with E-state index in [-0.39, 0.29) is 0 Å². The van der Waals surface area contributed by atoms with Gasteiger partial charge in [-0.2, -0.15) is 15.0 Å². The van der Waals surface area contributed by atoms with Gasteiger partial charge in [0.25, 0.3) is 0 Å². The number of rotatable bonds is 8. The summed E-state index contributed by atoms with van der Waals surface area (Å²) in [7, 11) is 1.72. The molecule has 4 N–H and O–H groups in total. The van der Waals surface area contributed by atoms with Crippen LogP contribution in [0.25, 0.3) is 0 Å². The van der Waals surface area contributed by atoms with Gasteiger partial charge in [-0.25, -0.2) is 0 Å². The molecule has 0 aliphatic carbocycles. The highest BCUT2D eigenvalue weighted by atomic mass is 16.3. The first-order valence-electron chi connectivity index (χ1n) is 7.85. The topological polar surface area (TPSA) is 106 Å². The van der Waals surface area contributed by atoms with Gasteiger partial charge in [0.2, 0.25) is 17.8 Å². The van der Waals surface area contributed by atoms with E-state index in [1.807, 2.05) is 30.3 Å². The maximum atomic E-state index is 9.70. The Morgan fingerprint density at radius 1 is 0.958 bits per heavy atom. The minimum absolute atomic E-state index is 0.308. The maximum absolute atomic E-state index is 9.70. The van der Waals surface area contributed by atoms with Gasteiger partial charge in [0.15, 0.2) is 0 Å². The molecule has 1 heterocycles. The molecule has 8 nitrogen and oxygen atoms in total. The Morgan fingerprint density at radius 3 is 2.08 bits per heavy atom. The molecule has 0 saturated heterocycles. The highest BCUT2D eigenvalue weighted by molar-refractivity contribution is 5.55. The van der Waals surface area contributed by atoms with Crippen molar-refractivity contribution in [1.29, 1.82) is 0 Å². The number of nitrogens with zero attached hydrogens (tertiary/aromatic N) is 4. The number of hydrogen-bond donors (Lipinski definition) is 4. The van der Waals surface area contributed by atoms with Crippen LogP contribution in [0.1, 0.15) is 13.8 Å². The zero-order valence-electron chi connectivity index (χ0n) is 14.1. The summed E-state index contributed by atoms with van der Waals surface area (Å²) in [4.78, 5) is 14.8. The van der Waals surface area contributed by atoms with Gasteiger partial charge in [0.05, 0.1) is 12.2 Å². The summed E-state index contributed by atoms with van der Waals surface area (Å²) in [6.45, 7) is 3.97. The van der Waals surface area contributed by atoms with E-state index in [0.29, 0.717) is 30.9 Å². The molecule has 2 rings (SSSR count). The minimum atomic E-state index is -0.580. The molecule has 0 aliphatic rings. The SMILES string of the molecule is CNc1nc(Nc2ccccc2)nc(N(CC(C)O)CC(C)O)n1. The predicted octanol–water partition coefficient (Wildman–Crippen LogP) is 1.22. The zero-order valence-corrected chi connectivity index (χ0v) is 14.1. The third-order valence-electron chi connectivity index (χ3n) is 3.13. The minimum Gasteiger partial charge on any atom is -0.392 e. The van der Waals surface area contributed by atoms with Crippen molar-refractivity contribution in [3.63, 3.8) is 0 Å². The summed E-state index contributed by atoms with van der Waals surface area (Å²) in [5.74, 6) is 1.17. The van der Waals surface area contributed by atoms with E-state index < -0.39 is 12.2 Å². The Labute approximate surface area is 141 Å². The van der Waals surface area contributed by atoms with Crippen LogP contribution in [0.4, 0.5) is 23.5 Å². The molecule has 0 aliphatic heterocycles. The molecule has 0 bridgehead atoms. The molecule has 24 heavy (non-hydrogen) atoms. The molecule has 0 radical (unpaired) electrons. The second-order valence-electron chi connectivity index (χ2n) is 5.63. The van der Waals surface area contributed by atoms with Crippen molar-refractivity contribution in [2.45, 2.75) is 26.1 Å². The number of benzene rings is 1. The molecule has 0 amide bonds. The summed E-state index contributed by atoms with van der Waals surface area (Å²) in [6, 6.07) is 9.57. The molecule has 0 spiro atoms. The second kappa shape index (κ2) is 8.42. The second-order valence-corrected chi connectivity index (χ2v) is 5.63. The first-order chi connectivity index (χ1) is 11.5. The largest absolute Gasteiger partial charge is 0.392 e. The summed E-state index contributed by atoms with van der Waals surface area (Å²) >= 11 is 0. The van der Waals surface area contributed by atoms with Gasteiger partial charge in [-0.1, -0.05) is 18.2 Å². The first-order valence-corrected chi connectivity index (χ1v) is 7.85. The van der Waals surface area contributed by atoms with Gasteiger partial charge in [-0.05, 0) is 26.0 Å². The van der Waals surface area contributed by atoms with Crippen molar-refractivity contribution in [1.82, 2.24) is 15.0 Å². The lowest BCUT2D eigenvalue weighted by Gasteiger charge is -2.25. The maximum Gasteiger partial charge on any atom is 0.233 e. The Balaban J connectivity index is 2.31. The summed E-state index contributed by atoms with van der Waals surface area (Å²) in [5.41, 5.74) is 0.856. The standard InChI is InChI=1S/C16H24N6O2/c1-11(23)9-22(10-12(2)24)16-20-14(17-3)19-15(21-16)18-13-7-5-4-6-8-13/h4-8,11-12,23-24H,9-10H2,1-3H3,(H2,17,18,19,20,21). The van der Waals surface area contributed by atoms with E-state index in [4.69, 9.17) is 0 Å². The van der Waals surface area contributed by atoms with Crippen LogP contribution in [0.15, 0.2) is 30.3 Å². The number of anilines is 4. The molecular weight excluding hydrogens is 308 g/mol. The van der Waals surface area contributed by atoms with Crippen LogP contribution in [-0.2, 0) is 0 Å². The normalized spacial score (nSPS) is 13.2. The van der Waals surface area contributed by atoms with Crippen molar-refractivity contribution in [3.8, 4) is 0 Å². The third kappa shape index (κ3) is 5.32. The molecule has 8 heteroatoms. The zero-order chi connectivity index (χ0) is 17.5. The summed E-state index contributed by atoms with van der Waals surface area (Å²) in [6.07, 6.45) is -1.16. The lowest BCUT2D eigenvalue weighted by molar-refractivity contribution is 0.177. The number of aromatic nitrogens is 3.